The van der Waals surface area contributed by atoms with Gasteiger partial charge < -0.3 is 49.5 Å². The third-order valence-electron chi connectivity index (χ3n) is 17.3. The SMILES string of the molecule is C#Cc1ccc(-c2cncn2Cc2cccc(C(=O)Nc3ccccc3-c3c4nc(c(-c5ccccc5NC(=O)c5cncn5C)c5ccc([nH]5)c(-c5ccccc5NC(=O)c5cncn5C)c5nc(c(-c6ccccc6NC(=O)c6cncn6C)c6ccc3[nH]6)C=C5)C=C4)c2)cc1. The quantitative estimate of drug-likeness (QED) is 0.0530. The van der Waals surface area contributed by atoms with Crippen LogP contribution in [0.5, 0.6) is 0 Å². The van der Waals surface area contributed by atoms with Gasteiger partial charge in [-0.2, -0.15) is 0 Å². The van der Waals surface area contributed by atoms with Crippen molar-refractivity contribution in [3.63, 3.8) is 0 Å². The van der Waals surface area contributed by atoms with Gasteiger partial charge in [-0.3, -0.25) is 19.2 Å². The van der Waals surface area contributed by atoms with Crippen LogP contribution in [0.15, 0.2) is 220 Å². The number of nitrogens with one attached hydrogen (secondary N) is 6. The zero-order chi connectivity index (χ0) is 67.0. The molecule has 0 spiro atoms. The van der Waals surface area contributed by atoms with Crippen LogP contribution in [0.1, 0.15) is 75.7 Å². The second-order valence-electron chi connectivity index (χ2n) is 23.5. The second-order valence-corrected chi connectivity index (χ2v) is 23.5. The molecule has 0 saturated carbocycles. The number of hydrogen-bond acceptors (Lipinski definition) is 10. The summed E-state index contributed by atoms with van der Waals surface area (Å²) in [6, 6.07) is 53.3. The Morgan fingerprint density at radius 2 is 0.786 bits per heavy atom. The number of aromatic nitrogens is 12. The summed E-state index contributed by atoms with van der Waals surface area (Å²) in [5, 5.41) is 12.8. The monoisotopic (exact) mass is 1280 g/mol. The van der Waals surface area contributed by atoms with E-state index >= 15 is 0 Å². The summed E-state index contributed by atoms with van der Waals surface area (Å²) in [4.78, 5) is 93.4. The van der Waals surface area contributed by atoms with E-state index in [-0.39, 0.29) is 23.6 Å². The van der Waals surface area contributed by atoms with Crippen LogP contribution in [0.25, 0.3) is 102 Å². The van der Waals surface area contributed by atoms with Crippen molar-refractivity contribution < 1.29 is 19.2 Å². The zero-order valence-corrected chi connectivity index (χ0v) is 53.0. The summed E-state index contributed by atoms with van der Waals surface area (Å²) in [7, 11) is 5.28. The van der Waals surface area contributed by atoms with Gasteiger partial charge in [0.1, 0.15) is 17.1 Å². The molecule has 20 heteroatoms. The van der Waals surface area contributed by atoms with E-state index in [1.165, 1.54) is 18.6 Å². The van der Waals surface area contributed by atoms with E-state index in [1.807, 2.05) is 199 Å². The molecular weight excluding hydrogens is 1220 g/mol. The van der Waals surface area contributed by atoms with E-state index < -0.39 is 0 Å². The van der Waals surface area contributed by atoms with Crippen molar-refractivity contribution in [3.8, 4) is 68.1 Å². The van der Waals surface area contributed by atoms with Gasteiger partial charge in [-0.25, -0.2) is 29.9 Å². The number of H-pyrrole nitrogens is 2. The Morgan fingerprint density at radius 1 is 0.418 bits per heavy atom. The van der Waals surface area contributed by atoms with Crippen molar-refractivity contribution in [1.29, 1.82) is 0 Å². The van der Waals surface area contributed by atoms with Crippen LogP contribution in [0.2, 0.25) is 0 Å². The molecule has 98 heavy (non-hydrogen) atoms. The first kappa shape index (κ1) is 60.4. The Labute approximate surface area is 560 Å². The molecule has 9 heterocycles. The molecule has 6 aromatic carbocycles. The molecule has 2 aliphatic rings. The van der Waals surface area contributed by atoms with E-state index in [1.54, 1.807) is 66.2 Å². The zero-order valence-electron chi connectivity index (χ0n) is 53.0. The van der Waals surface area contributed by atoms with E-state index in [2.05, 4.69) is 57.1 Å². The molecule has 13 aromatic rings. The van der Waals surface area contributed by atoms with Gasteiger partial charge in [0, 0.05) is 128 Å². The van der Waals surface area contributed by atoms with E-state index in [0.29, 0.717) is 141 Å². The minimum atomic E-state index is -0.373. The summed E-state index contributed by atoms with van der Waals surface area (Å²) in [6.45, 7) is 0.439. The highest BCUT2D eigenvalue weighted by atomic mass is 16.2. The number of rotatable bonds is 15. The van der Waals surface area contributed by atoms with E-state index in [0.717, 1.165) is 22.4 Å². The number of hydrogen-bond donors (Lipinski definition) is 6. The number of imidazole rings is 4. The first-order valence-electron chi connectivity index (χ1n) is 31.3. The maximum absolute atomic E-state index is 14.9. The van der Waals surface area contributed by atoms with E-state index in [9.17, 15) is 19.2 Å². The molecule has 15 rings (SSSR count). The van der Waals surface area contributed by atoms with Gasteiger partial charge in [-0.1, -0.05) is 103 Å². The average molecular weight is 1280 g/mol. The molecule has 2 aliphatic heterocycles. The Bertz CT molecular complexity index is 5570. The Hall–Kier alpha value is -13.8. The normalized spacial score (nSPS) is 11.5. The molecule has 0 radical (unpaired) electrons. The highest BCUT2D eigenvalue weighted by molar-refractivity contribution is 6.12. The van der Waals surface area contributed by atoms with Gasteiger partial charge in [0.15, 0.2) is 0 Å². The van der Waals surface area contributed by atoms with Gasteiger partial charge in [0.05, 0.1) is 78.6 Å². The van der Waals surface area contributed by atoms with Crippen molar-refractivity contribution in [2.45, 2.75) is 6.54 Å². The lowest BCUT2D eigenvalue weighted by molar-refractivity contribution is 0.101. The van der Waals surface area contributed by atoms with Crippen LogP contribution in [0.3, 0.4) is 0 Å². The average Bonchev–Trinajstić information content (AvgIpc) is 1.59. The van der Waals surface area contributed by atoms with Crippen molar-refractivity contribution in [1.82, 2.24) is 58.1 Å². The number of anilines is 4. The molecule has 0 atom stereocenters. The van der Waals surface area contributed by atoms with Gasteiger partial charge in [0.2, 0.25) is 0 Å². The predicted octanol–water partition coefficient (Wildman–Crippen LogP) is 14.4. The summed E-state index contributed by atoms with van der Waals surface area (Å²) < 4.78 is 6.99. The highest BCUT2D eigenvalue weighted by Gasteiger charge is 2.26. The molecule has 0 aliphatic carbocycles. The topological polar surface area (TPSA) is 245 Å². The van der Waals surface area contributed by atoms with Crippen LogP contribution in [0, 0.1) is 12.3 Å². The fourth-order valence-corrected chi connectivity index (χ4v) is 12.5. The van der Waals surface area contributed by atoms with Crippen LogP contribution >= 0.6 is 0 Å². The number of para-hydroxylation sites is 4. The minimum absolute atomic E-state index is 0.344. The summed E-state index contributed by atoms with van der Waals surface area (Å²) in [5.41, 5.74) is 16.6. The maximum Gasteiger partial charge on any atom is 0.273 e. The molecule has 6 N–H and O–H groups in total. The fraction of sp³-hybridized carbons (Fsp3) is 0.0513. The molecule has 0 unspecified atom stereocenters. The molecule has 474 valence electrons. The Balaban J connectivity index is 0.954. The molecule has 4 amide bonds. The van der Waals surface area contributed by atoms with Crippen LogP contribution in [0.4, 0.5) is 22.7 Å². The maximum atomic E-state index is 14.9. The minimum Gasteiger partial charge on any atom is -0.354 e. The third-order valence-corrected chi connectivity index (χ3v) is 17.3. The molecule has 8 bridgehead atoms. The number of aryl methyl sites for hydroxylation is 3. The van der Waals surface area contributed by atoms with Crippen LogP contribution in [-0.2, 0) is 27.7 Å². The summed E-state index contributed by atoms with van der Waals surface area (Å²) in [5.74, 6) is 1.21. The Morgan fingerprint density at radius 3 is 1.15 bits per heavy atom. The smallest absolute Gasteiger partial charge is 0.273 e. The number of fused-ring (bicyclic) bond motifs is 8. The number of carbonyl (C=O) groups excluding carboxylic acids is 4. The number of amides is 4. The molecule has 7 aromatic heterocycles. The van der Waals surface area contributed by atoms with Crippen molar-refractivity contribution in [3.05, 3.63) is 277 Å². The molecule has 0 saturated heterocycles. The number of benzene rings is 6. The number of aromatic amines is 2. The standard InChI is InChI=1S/C78H58N16O4/c1-5-47-25-27-49(28-26-47)67-38-82-46-94(67)42-48-15-14-16-50(37-48)75(95)87-55-21-10-6-17-51(55)71-59-29-31-61(83-59)72(52-18-7-11-22-56(52)88-76(96)68-39-79-43-91(68)2)63-33-35-65(85-63)74(54-20-9-13-24-58(54)90-78(98)70-41-81-45-93(70)4)66-36-34-64(86-66)73(62-32-30-60(71)84-62)53-19-8-12-23-57(53)89-77(97)69-40-80-44-92(69)3/h1,6-41,43-46,83,86H,42H2,2-4H3,(H,87,95)(H,88,96)(H,89,97)(H,90,98). The Kier molecular flexibility index (Phi) is 15.8. The molecule has 0 fully saturated rings. The van der Waals surface area contributed by atoms with Crippen molar-refractivity contribution >= 4 is 92.7 Å². The number of nitrogens with zero attached hydrogens (tertiary/aromatic N) is 10. The summed E-state index contributed by atoms with van der Waals surface area (Å²) in [6.07, 6.45) is 26.2. The lowest BCUT2D eigenvalue weighted by Gasteiger charge is -2.14. The van der Waals surface area contributed by atoms with Crippen LogP contribution in [-0.4, -0.2) is 81.8 Å². The van der Waals surface area contributed by atoms with Crippen LogP contribution < -0.4 is 21.3 Å². The lowest BCUT2D eigenvalue weighted by Crippen LogP contribution is -2.16. The van der Waals surface area contributed by atoms with Crippen molar-refractivity contribution in [2.24, 2.45) is 21.1 Å². The van der Waals surface area contributed by atoms with Crippen molar-refractivity contribution in [2.75, 3.05) is 21.3 Å². The predicted molar refractivity (Wildman–Crippen MR) is 383 cm³/mol. The fourth-order valence-electron chi connectivity index (χ4n) is 12.5. The highest BCUT2D eigenvalue weighted by Crippen LogP contribution is 2.43. The van der Waals surface area contributed by atoms with Gasteiger partial charge >= 0.3 is 0 Å². The summed E-state index contributed by atoms with van der Waals surface area (Å²) >= 11 is 0. The van der Waals surface area contributed by atoms with Gasteiger partial charge in [0.25, 0.3) is 23.6 Å². The third kappa shape index (κ3) is 11.6. The lowest BCUT2D eigenvalue weighted by atomic mass is 10.0. The second kappa shape index (κ2) is 25.6. The van der Waals surface area contributed by atoms with Gasteiger partial charge in [-0.05, 0) is 108 Å². The number of terminal acetylenes is 1. The van der Waals surface area contributed by atoms with E-state index in [4.69, 9.17) is 16.4 Å². The number of carbonyl (C=O) groups is 4. The largest absolute Gasteiger partial charge is 0.354 e. The molecular formula is C78H58N16O4. The first-order chi connectivity index (χ1) is 47.9. The first-order valence-corrected chi connectivity index (χ1v) is 31.3. The van der Waals surface area contributed by atoms with Gasteiger partial charge in [-0.15, -0.1) is 6.42 Å². The molecule has 20 nitrogen and oxygen atoms in total.